The van der Waals surface area contributed by atoms with Gasteiger partial charge in [0, 0.05) is 13.0 Å². The first-order chi connectivity index (χ1) is 7.40. The highest BCUT2D eigenvalue weighted by Crippen LogP contribution is 2.04. The lowest BCUT2D eigenvalue weighted by atomic mass is 10.2. The van der Waals surface area contributed by atoms with Gasteiger partial charge < -0.3 is 5.11 Å². The van der Waals surface area contributed by atoms with E-state index in [9.17, 15) is 0 Å². The summed E-state index contributed by atoms with van der Waals surface area (Å²) in [5.74, 6) is 0. The van der Waals surface area contributed by atoms with Crippen LogP contribution < -0.4 is 0 Å². The fraction of sp³-hybridized carbons (Fsp3) is 0.273. The van der Waals surface area contributed by atoms with Crippen molar-refractivity contribution in [3.8, 4) is 0 Å². The van der Waals surface area contributed by atoms with Crippen LogP contribution in [0.15, 0.2) is 36.5 Å². The molecule has 0 radical (unpaired) electrons. The van der Waals surface area contributed by atoms with Gasteiger partial charge in [-0.2, -0.15) is 0 Å². The fourth-order valence-electron chi connectivity index (χ4n) is 1.48. The van der Waals surface area contributed by atoms with E-state index in [1.54, 1.807) is 6.20 Å². The Morgan fingerprint density at radius 1 is 1.20 bits per heavy atom. The quantitative estimate of drug-likeness (QED) is 0.801. The smallest absolute Gasteiger partial charge is 0.0726 e. The molecule has 0 fully saturated rings. The summed E-state index contributed by atoms with van der Waals surface area (Å²) in [6, 6.07) is 10.1. The summed E-state index contributed by atoms with van der Waals surface area (Å²) < 4.78 is 1.81. The summed E-state index contributed by atoms with van der Waals surface area (Å²) in [4.78, 5) is 0. The Labute approximate surface area is 88.2 Å². The van der Waals surface area contributed by atoms with E-state index in [1.807, 2.05) is 35.0 Å². The summed E-state index contributed by atoms with van der Waals surface area (Å²) in [7, 11) is 0. The summed E-state index contributed by atoms with van der Waals surface area (Å²) in [6.45, 7) is 0.832. The van der Waals surface area contributed by atoms with Crippen LogP contribution >= 0.6 is 0 Å². The molecule has 2 rings (SSSR count). The van der Waals surface area contributed by atoms with E-state index >= 15 is 0 Å². The highest BCUT2D eigenvalue weighted by atomic mass is 16.3. The van der Waals surface area contributed by atoms with Crippen LogP contribution in [0.4, 0.5) is 0 Å². The maximum atomic E-state index is 8.86. The number of rotatable bonds is 4. The lowest BCUT2D eigenvalue weighted by Crippen LogP contribution is -2.07. The van der Waals surface area contributed by atoms with Gasteiger partial charge in [0.15, 0.2) is 0 Å². The van der Waals surface area contributed by atoms with E-state index in [4.69, 9.17) is 5.11 Å². The van der Waals surface area contributed by atoms with Crippen molar-refractivity contribution in [2.75, 3.05) is 6.61 Å². The maximum Gasteiger partial charge on any atom is 0.0726 e. The molecule has 0 saturated heterocycles. The Morgan fingerprint density at radius 2 is 2.00 bits per heavy atom. The second-order valence-corrected chi connectivity index (χ2v) is 3.34. The van der Waals surface area contributed by atoms with Gasteiger partial charge in [0.05, 0.1) is 18.4 Å². The third-order valence-electron chi connectivity index (χ3n) is 2.24. The van der Waals surface area contributed by atoms with Crippen LogP contribution in [0.1, 0.15) is 11.3 Å². The average molecular weight is 203 g/mol. The molecule has 2 aromatic rings. The Balaban J connectivity index is 2.14. The average Bonchev–Trinajstić information content (AvgIpc) is 2.68. The molecule has 0 unspecified atom stereocenters. The number of benzene rings is 1. The number of aromatic nitrogens is 3. The summed E-state index contributed by atoms with van der Waals surface area (Å²) in [5.41, 5.74) is 2.14. The Bertz CT molecular complexity index is 411. The second-order valence-electron chi connectivity index (χ2n) is 3.34. The molecule has 1 aromatic heterocycles. The third kappa shape index (κ3) is 2.41. The van der Waals surface area contributed by atoms with Crippen molar-refractivity contribution >= 4 is 0 Å². The monoisotopic (exact) mass is 203 g/mol. The van der Waals surface area contributed by atoms with Crippen molar-refractivity contribution in [1.29, 1.82) is 0 Å². The van der Waals surface area contributed by atoms with Crippen molar-refractivity contribution in [3.63, 3.8) is 0 Å². The molecule has 1 heterocycles. The van der Waals surface area contributed by atoms with Crippen LogP contribution in [0.5, 0.6) is 0 Å². The van der Waals surface area contributed by atoms with E-state index in [-0.39, 0.29) is 6.61 Å². The first kappa shape index (κ1) is 9.86. The van der Waals surface area contributed by atoms with Gasteiger partial charge in [-0.05, 0) is 5.56 Å². The van der Waals surface area contributed by atoms with Gasteiger partial charge in [-0.3, -0.25) is 0 Å². The molecular weight excluding hydrogens is 190 g/mol. The number of aliphatic hydroxyl groups is 1. The minimum Gasteiger partial charge on any atom is -0.396 e. The Kier molecular flexibility index (Phi) is 3.09. The molecule has 1 aromatic carbocycles. The molecule has 4 nitrogen and oxygen atoms in total. The van der Waals surface area contributed by atoms with Crippen molar-refractivity contribution in [3.05, 3.63) is 47.8 Å². The van der Waals surface area contributed by atoms with Crippen LogP contribution in [0, 0.1) is 0 Å². The molecule has 0 aliphatic carbocycles. The predicted molar refractivity (Wildman–Crippen MR) is 56.4 cm³/mol. The zero-order chi connectivity index (χ0) is 10.5. The predicted octanol–water partition coefficient (Wildman–Crippen LogP) is 0.861. The third-order valence-corrected chi connectivity index (χ3v) is 2.24. The molecule has 0 spiro atoms. The number of hydrogen-bond donors (Lipinski definition) is 1. The highest BCUT2D eigenvalue weighted by Gasteiger charge is 2.03. The lowest BCUT2D eigenvalue weighted by Gasteiger charge is -2.04. The minimum atomic E-state index is 0.127. The van der Waals surface area contributed by atoms with Gasteiger partial charge in [-0.25, -0.2) is 4.68 Å². The van der Waals surface area contributed by atoms with Crippen LogP contribution in [0.25, 0.3) is 0 Å². The molecule has 0 atom stereocenters. The molecular formula is C11H13N3O. The molecule has 0 aliphatic rings. The van der Waals surface area contributed by atoms with E-state index in [0.29, 0.717) is 13.0 Å². The summed E-state index contributed by atoms with van der Waals surface area (Å²) in [5, 5.41) is 16.7. The largest absolute Gasteiger partial charge is 0.396 e. The highest BCUT2D eigenvalue weighted by molar-refractivity contribution is 5.15. The van der Waals surface area contributed by atoms with Crippen molar-refractivity contribution < 1.29 is 5.11 Å². The first-order valence-electron chi connectivity index (χ1n) is 4.92. The van der Waals surface area contributed by atoms with Crippen molar-refractivity contribution in [1.82, 2.24) is 15.0 Å². The van der Waals surface area contributed by atoms with Crippen molar-refractivity contribution in [2.24, 2.45) is 0 Å². The first-order valence-corrected chi connectivity index (χ1v) is 4.92. The zero-order valence-corrected chi connectivity index (χ0v) is 8.37. The SMILES string of the molecule is OCCc1cnnn1Cc1ccccc1. The van der Waals surface area contributed by atoms with Crippen molar-refractivity contribution in [2.45, 2.75) is 13.0 Å². The van der Waals surface area contributed by atoms with E-state index < -0.39 is 0 Å². The number of nitrogens with zero attached hydrogens (tertiary/aromatic N) is 3. The topological polar surface area (TPSA) is 50.9 Å². The van der Waals surface area contributed by atoms with Crippen LogP contribution in [0.3, 0.4) is 0 Å². The Morgan fingerprint density at radius 3 is 2.73 bits per heavy atom. The van der Waals surface area contributed by atoms with E-state index in [1.165, 1.54) is 5.56 Å². The second kappa shape index (κ2) is 4.70. The molecule has 0 aliphatic heterocycles. The summed E-state index contributed by atoms with van der Waals surface area (Å²) in [6.07, 6.45) is 2.29. The molecule has 1 N–H and O–H groups in total. The van der Waals surface area contributed by atoms with Gasteiger partial charge in [0.25, 0.3) is 0 Å². The molecule has 0 saturated carbocycles. The minimum absolute atomic E-state index is 0.127. The molecule has 0 amide bonds. The normalized spacial score (nSPS) is 10.5. The van der Waals surface area contributed by atoms with Crippen LogP contribution in [0.2, 0.25) is 0 Å². The van der Waals surface area contributed by atoms with Crippen LogP contribution in [-0.4, -0.2) is 26.7 Å². The molecule has 78 valence electrons. The van der Waals surface area contributed by atoms with Crippen LogP contribution in [-0.2, 0) is 13.0 Å². The van der Waals surface area contributed by atoms with Gasteiger partial charge in [-0.15, -0.1) is 5.10 Å². The lowest BCUT2D eigenvalue weighted by molar-refractivity contribution is 0.295. The molecule has 15 heavy (non-hydrogen) atoms. The summed E-state index contributed by atoms with van der Waals surface area (Å²) >= 11 is 0. The van der Waals surface area contributed by atoms with Gasteiger partial charge in [0.1, 0.15) is 0 Å². The maximum absolute atomic E-state index is 8.86. The van der Waals surface area contributed by atoms with Gasteiger partial charge >= 0.3 is 0 Å². The number of hydrogen-bond acceptors (Lipinski definition) is 3. The van der Waals surface area contributed by atoms with E-state index in [0.717, 1.165) is 5.69 Å². The zero-order valence-electron chi connectivity index (χ0n) is 8.37. The molecule has 0 bridgehead atoms. The standard InChI is InChI=1S/C11H13N3O/c15-7-6-11-8-12-13-14(11)9-10-4-2-1-3-5-10/h1-5,8,15H,6-7,9H2. The van der Waals surface area contributed by atoms with Gasteiger partial charge in [-0.1, -0.05) is 35.5 Å². The Hall–Kier alpha value is -1.68. The molecule has 4 heteroatoms. The van der Waals surface area contributed by atoms with Gasteiger partial charge in [0.2, 0.25) is 0 Å². The van der Waals surface area contributed by atoms with E-state index in [2.05, 4.69) is 10.3 Å². The number of aliphatic hydroxyl groups excluding tert-OH is 1. The fourth-order valence-corrected chi connectivity index (χ4v) is 1.48.